The number of hydrogen-bond acceptors (Lipinski definition) is 6. The van der Waals surface area contributed by atoms with Gasteiger partial charge in [-0.1, -0.05) is 53.7 Å². The van der Waals surface area contributed by atoms with E-state index in [1.54, 1.807) is 30.3 Å². The molecule has 0 spiro atoms. The Morgan fingerprint density at radius 2 is 1.53 bits per heavy atom. The van der Waals surface area contributed by atoms with E-state index >= 15 is 0 Å². The molecule has 0 radical (unpaired) electrons. The number of benzene rings is 4. The maximum atomic E-state index is 13.8. The smallest absolute Gasteiger partial charge is 0.264 e. The van der Waals surface area contributed by atoms with Crippen molar-refractivity contribution in [2.24, 2.45) is 0 Å². The monoisotopic (exact) mass is 568 g/mol. The molecule has 0 aromatic heterocycles. The van der Waals surface area contributed by atoms with Gasteiger partial charge in [-0.15, -0.1) is 0 Å². The van der Waals surface area contributed by atoms with Crippen molar-refractivity contribution in [2.75, 3.05) is 30.4 Å². The summed E-state index contributed by atoms with van der Waals surface area (Å²) in [4.78, 5) is 15.0. The normalized spacial score (nSPS) is 11.0. The van der Waals surface area contributed by atoms with Crippen LogP contribution in [0.3, 0.4) is 0 Å². The molecular weight excluding hydrogens is 544 g/mol. The lowest BCUT2D eigenvalue weighted by Gasteiger charge is -2.25. The minimum absolute atomic E-state index is 0.0575. The van der Waals surface area contributed by atoms with Gasteiger partial charge in [-0.3, -0.25) is 9.10 Å². The van der Waals surface area contributed by atoms with Crippen molar-refractivity contribution in [2.45, 2.75) is 14.7 Å². The number of sulfonamides is 1. The van der Waals surface area contributed by atoms with Crippen LogP contribution in [0.15, 0.2) is 112 Å². The van der Waals surface area contributed by atoms with Gasteiger partial charge >= 0.3 is 0 Å². The van der Waals surface area contributed by atoms with Gasteiger partial charge in [-0.25, -0.2) is 8.42 Å². The summed E-state index contributed by atoms with van der Waals surface area (Å²) in [6.07, 6.45) is 0. The van der Waals surface area contributed by atoms with Crippen molar-refractivity contribution < 1.29 is 22.7 Å². The molecule has 4 aromatic rings. The molecule has 0 saturated heterocycles. The average molecular weight is 569 g/mol. The molecule has 0 aliphatic carbocycles. The number of ether oxygens (including phenoxy) is 2. The SMILES string of the molecule is COc1ccc(S(=O)(=O)N(CC(=O)Nc2ccccc2Sc2ccccc2)c2ccc(Cl)cc2)cc1OC. The lowest BCUT2D eigenvalue weighted by molar-refractivity contribution is -0.114. The third kappa shape index (κ3) is 6.42. The number of nitrogens with zero attached hydrogens (tertiary/aromatic N) is 1. The third-order valence-electron chi connectivity index (χ3n) is 5.48. The van der Waals surface area contributed by atoms with Crippen LogP contribution >= 0.6 is 23.4 Å². The average Bonchev–Trinajstić information content (AvgIpc) is 2.93. The summed E-state index contributed by atoms with van der Waals surface area (Å²) in [6, 6.07) is 27.6. The molecule has 0 saturated carbocycles. The number of amides is 1. The predicted octanol–water partition coefficient (Wildman–Crippen LogP) is 6.34. The third-order valence-corrected chi connectivity index (χ3v) is 8.58. The van der Waals surface area contributed by atoms with Crippen LogP contribution in [0.1, 0.15) is 0 Å². The van der Waals surface area contributed by atoms with Crippen LogP contribution in [0.5, 0.6) is 11.5 Å². The zero-order valence-corrected chi connectivity index (χ0v) is 23.0. The Bertz CT molecular complexity index is 1510. The number of hydrogen-bond donors (Lipinski definition) is 1. The van der Waals surface area contributed by atoms with Crippen molar-refractivity contribution in [1.82, 2.24) is 0 Å². The summed E-state index contributed by atoms with van der Waals surface area (Å²) in [7, 11) is -1.30. The molecule has 0 aliphatic heterocycles. The number of methoxy groups -OCH3 is 2. The molecule has 0 fully saturated rings. The molecule has 0 heterocycles. The Hall–Kier alpha value is -3.66. The maximum absolute atomic E-state index is 13.8. The first kappa shape index (κ1) is 27.4. The van der Waals surface area contributed by atoms with Crippen molar-refractivity contribution >= 4 is 50.7 Å². The van der Waals surface area contributed by atoms with Crippen LogP contribution in [-0.4, -0.2) is 35.1 Å². The van der Waals surface area contributed by atoms with Gasteiger partial charge in [-0.2, -0.15) is 0 Å². The van der Waals surface area contributed by atoms with E-state index in [2.05, 4.69) is 5.32 Å². The molecule has 0 unspecified atom stereocenters. The fourth-order valence-corrected chi connectivity index (χ4v) is 6.11. The zero-order valence-electron chi connectivity index (χ0n) is 20.6. The largest absolute Gasteiger partial charge is 0.493 e. The fraction of sp³-hybridized carbons (Fsp3) is 0.107. The summed E-state index contributed by atoms with van der Waals surface area (Å²) in [5.41, 5.74) is 0.859. The van der Waals surface area contributed by atoms with Gasteiger partial charge in [-0.05, 0) is 60.7 Å². The van der Waals surface area contributed by atoms with Crippen LogP contribution < -0.4 is 19.1 Å². The molecule has 1 N–H and O–H groups in total. The number of rotatable bonds is 10. The van der Waals surface area contributed by atoms with E-state index in [9.17, 15) is 13.2 Å². The van der Waals surface area contributed by atoms with E-state index in [4.69, 9.17) is 21.1 Å². The Morgan fingerprint density at radius 1 is 0.868 bits per heavy atom. The van der Waals surface area contributed by atoms with Gasteiger partial charge in [0.1, 0.15) is 6.54 Å². The fourth-order valence-electron chi connectivity index (χ4n) is 3.62. The van der Waals surface area contributed by atoms with E-state index in [1.165, 1.54) is 44.2 Å². The molecule has 7 nitrogen and oxygen atoms in total. The van der Waals surface area contributed by atoms with Crippen molar-refractivity contribution in [3.63, 3.8) is 0 Å². The number of carbonyl (C=O) groups is 1. The van der Waals surface area contributed by atoms with E-state index in [0.29, 0.717) is 16.5 Å². The van der Waals surface area contributed by atoms with Gasteiger partial charge in [0.15, 0.2) is 11.5 Å². The van der Waals surface area contributed by atoms with Crippen LogP contribution in [-0.2, 0) is 14.8 Å². The highest BCUT2D eigenvalue weighted by Gasteiger charge is 2.28. The van der Waals surface area contributed by atoms with Crippen LogP contribution in [0.25, 0.3) is 0 Å². The quantitative estimate of drug-likeness (QED) is 0.240. The van der Waals surface area contributed by atoms with Gasteiger partial charge in [0.05, 0.1) is 30.5 Å². The van der Waals surface area contributed by atoms with Crippen LogP contribution in [0.2, 0.25) is 5.02 Å². The first-order valence-electron chi connectivity index (χ1n) is 11.4. The van der Waals surface area contributed by atoms with Gasteiger partial charge in [0, 0.05) is 20.9 Å². The van der Waals surface area contributed by atoms with Crippen molar-refractivity contribution in [1.29, 1.82) is 0 Å². The number of halogens is 1. The second-order valence-corrected chi connectivity index (χ2v) is 11.4. The summed E-state index contributed by atoms with van der Waals surface area (Å²) in [5.74, 6) is 0.126. The van der Waals surface area contributed by atoms with E-state index in [1.807, 2.05) is 48.5 Å². The van der Waals surface area contributed by atoms with Gasteiger partial charge in [0.2, 0.25) is 5.91 Å². The van der Waals surface area contributed by atoms with E-state index in [0.717, 1.165) is 14.1 Å². The number of nitrogens with one attached hydrogen (secondary N) is 1. The zero-order chi connectivity index (χ0) is 27.1. The summed E-state index contributed by atoms with van der Waals surface area (Å²) >= 11 is 7.53. The Kier molecular flexibility index (Phi) is 8.83. The lowest BCUT2D eigenvalue weighted by atomic mass is 10.3. The molecule has 1 amide bonds. The number of anilines is 2. The predicted molar refractivity (Wildman–Crippen MR) is 151 cm³/mol. The lowest BCUT2D eigenvalue weighted by Crippen LogP contribution is -2.38. The minimum Gasteiger partial charge on any atom is -0.493 e. The number of carbonyl (C=O) groups excluding carboxylic acids is 1. The second-order valence-electron chi connectivity index (χ2n) is 7.96. The molecule has 4 rings (SSSR count). The van der Waals surface area contributed by atoms with Gasteiger partial charge < -0.3 is 14.8 Å². The molecule has 38 heavy (non-hydrogen) atoms. The molecule has 196 valence electrons. The first-order chi connectivity index (χ1) is 18.3. The Morgan fingerprint density at radius 3 is 2.21 bits per heavy atom. The standard InChI is InChI=1S/C28H25ClN2O5S2/c1-35-25-17-16-23(18-26(25)36-2)38(33,34)31(21-14-12-20(29)13-15-21)19-28(32)30-24-10-6-7-11-27(24)37-22-8-4-3-5-9-22/h3-18H,19H2,1-2H3,(H,30,32). The van der Waals surface area contributed by atoms with Crippen molar-refractivity contribution in [3.8, 4) is 11.5 Å². The maximum Gasteiger partial charge on any atom is 0.264 e. The van der Waals surface area contributed by atoms with Crippen molar-refractivity contribution in [3.05, 3.63) is 102 Å². The topological polar surface area (TPSA) is 84.9 Å². The Balaban J connectivity index is 1.65. The second kappa shape index (κ2) is 12.3. The highest BCUT2D eigenvalue weighted by Crippen LogP contribution is 2.34. The Labute approximate surface area is 231 Å². The molecule has 0 atom stereocenters. The molecule has 0 aliphatic rings. The van der Waals surface area contributed by atoms with E-state index in [-0.39, 0.29) is 16.3 Å². The molecule has 10 heteroatoms. The van der Waals surface area contributed by atoms with Gasteiger partial charge in [0.25, 0.3) is 10.0 Å². The van der Waals surface area contributed by atoms with Crippen LogP contribution in [0, 0.1) is 0 Å². The first-order valence-corrected chi connectivity index (χ1v) is 14.1. The number of para-hydroxylation sites is 1. The summed E-state index contributed by atoms with van der Waals surface area (Å²) < 4.78 is 39.1. The van der Waals surface area contributed by atoms with Crippen LogP contribution in [0.4, 0.5) is 11.4 Å². The minimum atomic E-state index is -4.18. The highest BCUT2D eigenvalue weighted by molar-refractivity contribution is 7.99. The molecule has 0 bridgehead atoms. The summed E-state index contributed by atoms with van der Waals surface area (Å²) in [5, 5.41) is 3.31. The molecular formula is C28H25ClN2O5S2. The highest BCUT2D eigenvalue weighted by atomic mass is 35.5. The van der Waals surface area contributed by atoms with E-state index < -0.39 is 22.5 Å². The molecule has 4 aromatic carbocycles. The summed E-state index contributed by atoms with van der Waals surface area (Å²) in [6.45, 7) is -0.470.